The average molecular weight is 265 g/mol. The molecule has 0 aliphatic carbocycles. The Balaban J connectivity index is 2.48. The molecular formula is C16H27NO2. The van der Waals surface area contributed by atoms with Crippen molar-refractivity contribution in [2.45, 2.75) is 51.3 Å². The first-order chi connectivity index (χ1) is 8.96. The zero-order valence-corrected chi connectivity index (χ0v) is 12.5. The monoisotopic (exact) mass is 265 g/mol. The number of aliphatic hydroxyl groups excluding tert-OH is 1. The van der Waals surface area contributed by atoms with Gasteiger partial charge in [0.2, 0.25) is 0 Å². The van der Waals surface area contributed by atoms with Gasteiger partial charge in [0.15, 0.2) is 0 Å². The van der Waals surface area contributed by atoms with Gasteiger partial charge in [-0.1, -0.05) is 30.3 Å². The molecule has 3 nitrogen and oxygen atoms in total. The third kappa shape index (κ3) is 6.19. The lowest BCUT2D eigenvalue weighted by atomic mass is 9.98. The van der Waals surface area contributed by atoms with E-state index in [0.29, 0.717) is 6.04 Å². The molecule has 2 N–H and O–H groups in total. The largest absolute Gasteiger partial charge is 0.395 e. The standard InChI is InChI=1S/C16H27NO2/c1-13(11-16(2,3)19-4)17-15(12-18)10-14-8-6-5-7-9-14/h5-9,13,15,17-18H,10-12H2,1-4H3. The van der Waals surface area contributed by atoms with Crippen LogP contribution in [0.25, 0.3) is 0 Å². The molecule has 19 heavy (non-hydrogen) atoms. The molecule has 0 saturated heterocycles. The van der Waals surface area contributed by atoms with Crippen LogP contribution in [0.15, 0.2) is 30.3 Å². The van der Waals surface area contributed by atoms with Gasteiger partial charge in [0.05, 0.1) is 12.2 Å². The minimum absolute atomic E-state index is 0.0880. The summed E-state index contributed by atoms with van der Waals surface area (Å²) in [6, 6.07) is 10.6. The van der Waals surface area contributed by atoms with Crippen molar-refractivity contribution in [3.05, 3.63) is 35.9 Å². The summed E-state index contributed by atoms with van der Waals surface area (Å²) in [4.78, 5) is 0. The van der Waals surface area contributed by atoms with Crippen molar-refractivity contribution in [2.24, 2.45) is 0 Å². The van der Waals surface area contributed by atoms with E-state index in [2.05, 4.69) is 38.2 Å². The fraction of sp³-hybridized carbons (Fsp3) is 0.625. The zero-order valence-electron chi connectivity index (χ0n) is 12.5. The smallest absolute Gasteiger partial charge is 0.0637 e. The van der Waals surface area contributed by atoms with Gasteiger partial charge >= 0.3 is 0 Å². The highest BCUT2D eigenvalue weighted by molar-refractivity contribution is 5.15. The first-order valence-electron chi connectivity index (χ1n) is 6.93. The minimum Gasteiger partial charge on any atom is -0.395 e. The van der Waals surface area contributed by atoms with Crippen molar-refractivity contribution in [3.63, 3.8) is 0 Å². The van der Waals surface area contributed by atoms with Crippen molar-refractivity contribution in [1.29, 1.82) is 0 Å². The molecule has 0 aromatic heterocycles. The molecule has 2 atom stereocenters. The third-order valence-corrected chi connectivity index (χ3v) is 3.42. The number of benzene rings is 1. The van der Waals surface area contributed by atoms with Crippen molar-refractivity contribution in [1.82, 2.24) is 5.32 Å². The third-order valence-electron chi connectivity index (χ3n) is 3.42. The highest BCUT2D eigenvalue weighted by Crippen LogP contribution is 2.16. The van der Waals surface area contributed by atoms with Gasteiger partial charge in [-0.15, -0.1) is 0 Å². The lowest BCUT2D eigenvalue weighted by Crippen LogP contribution is -2.44. The minimum atomic E-state index is -0.140. The average Bonchev–Trinajstić information content (AvgIpc) is 2.38. The van der Waals surface area contributed by atoms with Gasteiger partial charge in [0.1, 0.15) is 0 Å². The van der Waals surface area contributed by atoms with Crippen molar-refractivity contribution in [2.75, 3.05) is 13.7 Å². The topological polar surface area (TPSA) is 41.5 Å². The number of rotatable bonds is 8. The second-order valence-corrected chi connectivity index (χ2v) is 5.80. The van der Waals surface area contributed by atoms with E-state index in [9.17, 15) is 5.11 Å². The maximum atomic E-state index is 9.50. The Bertz CT molecular complexity index is 351. The van der Waals surface area contributed by atoms with Crippen LogP contribution in [0.5, 0.6) is 0 Å². The maximum Gasteiger partial charge on any atom is 0.0637 e. The van der Waals surface area contributed by atoms with Gasteiger partial charge in [-0.3, -0.25) is 0 Å². The van der Waals surface area contributed by atoms with Gasteiger partial charge in [-0.05, 0) is 39.2 Å². The summed E-state index contributed by atoms with van der Waals surface area (Å²) in [7, 11) is 1.74. The normalized spacial score (nSPS) is 15.2. The van der Waals surface area contributed by atoms with Crippen molar-refractivity contribution >= 4 is 0 Å². The Kier molecular flexibility index (Phi) is 6.49. The fourth-order valence-corrected chi connectivity index (χ4v) is 2.36. The van der Waals surface area contributed by atoms with Crippen LogP contribution in [-0.4, -0.2) is 36.5 Å². The van der Waals surface area contributed by atoms with Crippen LogP contribution in [0.2, 0.25) is 0 Å². The lowest BCUT2D eigenvalue weighted by molar-refractivity contribution is 0.00701. The molecule has 0 aliphatic heterocycles. The Morgan fingerprint density at radius 1 is 1.26 bits per heavy atom. The van der Waals surface area contributed by atoms with Gasteiger partial charge in [-0.25, -0.2) is 0 Å². The highest BCUT2D eigenvalue weighted by Gasteiger charge is 2.21. The molecule has 0 radical (unpaired) electrons. The summed E-state index contributed by atoms with van der Waals surface area (Å²) in [6.45, 7) is 6.44. The molecule has 0 heterocycles. The summed E-state index contributed by atoms with van der Waals surface area (Å²) >= 11 is 0. The van der Waals surface area contributed by atoms with Crippen LogP contribution in [-0.2, 0) is 11.2 Å². The number of methoxy groups -OCH3 is 1. The molecule has 0 saturated carbocycles. The van der Waals surface area contributed by atoms with E-state index < -0.39 is 0 Å². The predicted octanol–water partition coefficient (Wildman–Crippen LogP) is 2.38. The predicted molar refractivity (Wildman–Crippen MR) is 79.3 cm³/mol. The number of ether oxygens (including phenoxy) is 1. The lowest BCUT2D eigenvalue weighted by Gasteiger charge is -2.29. The Morgan fingerprint density at radius 3 is 2.42 bits per heavy atom. The van der Waals surface area contributed by atoms with E-state index >= 15 is 0 Å². The SMILES string of the molecule is COC(C)(C)CC(C)NC(CO)Cc1ccccc1. The number of hydrogen-bond acceptors (Lipinski definition) is 3. The molecule has 108 valence electrons. The summed E-state index contributed by atoms with van der Waals surface area (Å²) in [5.74, 6) is 0. The first-order valence-corrected chi connectivity index (χ1v) is 6.93. The second-order valence-electron chi connectivity index (χ2n) is 5.80. The van der Waals surface area contributed by atoms with Crippen molar-refractivity contribution in [3.8, 4) is 0 Å². The van der Waals surface area contributed by atoms with Crippen LogP contribution < -0.4 is 5.32 Å². The quantitative estimate of drug-likeness (QED) is 0.758. The van der Waals surface area contributed by atoms with Crippen LogP contribution in [0.3, 0.4) is 0 Å². The van der Waals surface area contributed by atoms with E-state index in [1.165, 1.54) is 5.56 Å². The Labute approximate surface area is 117 Å². The summed E-state index contributed by atoms with van der Waals surface area (Å²) in [5, 5.41) is 13.0. The molecule has 0 spiro atoms. The first kappa shape index (κ1) is 16.2. The van der Waals surface area contributed by atoms with E-state index in [0.717, 1.165) is 12.8 Å². The maximum absolute atomic E-state index is 9.50. The van der Waals surface area contributed by atoms with E-state index in [1.54, 1.807) is 7.11 Å². The molecule has 2 unspecified atom stereocenters. The number of nitrogens with one attached hydrogen (secondary N) is 1. The fourth-order valence-electron chi connectivity index (χ4n) is 2.36. The molecule has 0 aliphatic rings. The van der Waals surface area contributed by atoms with Crippen molar-refractivity contribution < 1.29 is 9.84 Å². The van der Waals surface area contributed by atoms with Crippen LogP contribution in [0.4, 0.5) is 0 Å². The van der Waals surface area contributed by atoms with E-state index in [4.69, 9.17) is 4.74 Å². The van der Waals surface area contributed by atoms with Crippen LogP contribution in [0, 0.1) is 0 Å². The molecule has 1 aromatic carbocycles. The number of aliphatic hydroxyl groups is 1. The van der Waals surface area contributed by atoms with E-state index in [-0.39, 0.29) is 18.2 Å². The van der Waals surface area contributed by atoms with E-state index in [1.807, 2.05) is 18.2 Å². The molecule has 3 heteroatoms. The zero-order chi connectivity index (χ0) is 14.3. The second kappa shape index (κ2) is 7.63. The molecule has 0 bridgehead atoms. The van der Waals surface area contributed by atoms with Gasteiger partial charge in [0, 0.05) is 19.2 Å². The highest BCUT2D eigenvalue weighted by atomic mass is 16.5. The Hall–Kier alpha value is -0.900. The van der Waals surface area contributed by atoms with Gasteiger partial charge < -0.3 is 15.2 Å². The van der Waals surface area contributed by atoms with Crippen LogP contribution >= 0.6 is 0 Å². The summed E-state index contributed by atoms with van der Waals surface area (Å²) < 4.78 is 5.44. The molecule has 1 rings (SSSR count). The number of hydrogen-bond donors (Lipinski definition) is 2. The summed E-state index contributed by atoms with van der Waals surface area (Å²) in [6.07, 6.45) is 1.75. The van der Waals surface area contributed by atoms with Crippen LogP contribution in [0.1, 0.15) is 32.8 Å². The molecule has 1 aromatic rings. The van der Waals surface area contributed by atoms with Gasteiger partial charge in [-0.2, -0.15) is 0 Å². The summed E-state index contributed by atoms with van der Waals surface area (Å²) in [5.41, 5.74) is 1.10. The van der Waals surface area contributed by atoms with Gasteiger partial charge in [0.25, 0.3) is 0 Å². The molecule has 0 amide bonds. The molecule has 0 fully saturated rings. The Morgan fingerprint density at radius 2 is 1.89 bits per heavy atom. The molecular weight excluding hydrogens is 238 g/mol.